The first-order valence-corrected chi connectivity index (χ1v) is 8.44. The Labute approximate surface area is 138 Å². The number of hydrogen-bond acceptors (Lipinski definition) is 3. The van der Waals surface area contributed by atoms with Crippen molar-refractivity contribution in [1.29, 1.82) is 0 Å². The van der Waals surface area contributed by atoms with Crippen molar-refractivity contribution in [2.24, 2.45) is 0 Å². The summed E-state index contributed by atoms with van der Waals surface area (Å²) in [6.45, 7) is 0. The first-order chi connectivity index (χ1) is 11.3. The normalized spacial score (nSPS) is 11.2. The van der Waals surface area contributed by atoms with Gasteiger partial charge in [-0.25, -0.2) is 4.98 Å². The topological polar surface area (TPSA) is 37.9 Å². The maximum atomic E-state index is 5.18. The van der Waals surface area contributed by atoms with Gasteiger partial charge in [0.1, 0.15) is 5.75 Å². The summed E-state index contributed by atoms with van der Waals surface area (Å²) in [6.07, 6.45) is 0. The van der Waals surface area contributed by atoms with Gasteiger partial charge < -0.3 is 9.72 Å². The zero-order chi connectivity index (χ0) is 15.6. The molecule has 1 N–H and O–H groups in total. The lowest BCUT2D eigenvalue weighted by Gasteiger charge is -2.01. The van der Waals surface area contributed by atoms with Gasteiger partial charge in [0.2, 0.25) is 0 Å². The second-order valence-electron chi connectivity index (χ2n) is 5.40. The van der Waals surface area contributed by atoms with Crippen molar-refractivity contribution < 1.29 is 4.74 Å². The zero-order valence-electron chi connectivity index (χ0n) is 12.7. The van der Waals surface area contributed by atoms with E-state index in [4.69, 9.17) is 9.72 Å². The van der Waals surface area contributed by atoms with Gasteiger partial charge in [-0.15, -0.1) is 0 Å². The molecule has 0 aliphatic heterocycles. The molecule has 1 aromatic heterocycles. The van der Waals surface area contributed by atoms with Crippen LogP contribution in [0.3, 0.4) is 0 Å². The van der Waals surface area contributed by atoms with Crippen LogP contribution in [0.15, 0.2) is 65.8 Å². The molecule has 0 spiro atoms. The Morgan fingerprint density at radius 3 is 2.48 bits per heavy atom. The summed E-state index contributed by atoms with van der Waals surface area (Å²) < 4.78 is 5.18. The summed E-state index contributed by atoms with van der Waals surface area (Å²) in [5.74, 6) is 1.76. The number of H-pyrrole nitrogens is 1. The van der Waals surface area contributed by atoms with Crippen LogP contribution in [0, 0.1) is 0 Å². The number of thioether (sulfide) groups is 1. The van der Waals surface area contributed by atoms with E-state index < -0.39 is 0 Å². The maximum absolute atomic E-state index is 5.18. The highest BCUT2D eigenvalue weighted by Crippen LogP contribution is 2.26. The Bertz CT molecular complexity index is 908. The van der Waals surface area contributed by atoms with Crippen molar-refractivity contribution >= 4 is 33.6 Å². The second kappa shape index (κ2) is 5.97. The summed E-state index contributed by atoms with van der Waals surface area (Å²) in [4.78, 5) is 8.10. The predicted molar refractivity (Wildman–Crippen MR) is 96.2 cm³/mol. The van der Waals surface area contributed by atoms with Crippen molar-refractivity contribution in [2.75, 3.05) is 7.11 Å². The predicted octanol–water partition coefficient (Wildman–Crippen LogP) is 5.02. The molecule has 0 unspecified atom stereocenters. The van der Waals surface area contributed by atoms with E-state index in [1.807, 2.05) is 12.1 Å². The number of imidazole rings is 1. The maximum Gasteiger partial charge on any atom is 0.166 e. The molecule has 0 aliphatic carbocycles. The fraction of sp³-hybridized carbons (Fsp3) is 0.105. The van der Waals surface area contributed by atoms with Crippen LogP contribution in [0.25, 0.3) is 21.8 Å². The lowest BCUT2D eigenvalue weighted by molar-refractivity contribution is 0.414. The highest BCUT2D eigenvalue weighted by atomic mass is 32.2. The Morgan fingerprint density at radius 1 is 1.00 bits per heavy atom. The molecule has 0 amide bonds. The van der Waals surface area contributed by atoms with Crippen LogP contribution in [-0.2, 0) is 5.75 Å². The SMILES string of the molecule is COc1ccc(CSc2nc3cc4ccccc4cc3[nH]2)cc1. The van der Waals surface area contributed by atoms with Crippen LogP contribution in [0.2, 0.25) is 0 Å². The Morgan fingerprint density at radius 2 is 1.74 bits per heavy atom. The minimum absolute atomic E-state index is 0.878. The second-order valence-corrected chi connectivity index (χ2v) is 6.36. The molecule has 0 bridgehead atoms. The third-order valence-corrected chi connectivity index (χ3v) is 4.81. The van der Waals surface area contributed by atoms with Crippen LogP contribution in [-0.4, -0.2) is 17.1 Å². The van der Waals surface area contributed by atoms with Crippen molar-refractivity contribution in [2.45, 2.75) is 10.9 Å². The number of aromatic amines is 1. The standard InChI is InChI=1S/C19H16N2OS/c1-22-16-8-6-13(7-9-16)12-23-19-20-17-10-14-4-2-3-5-15(14)11-18(17)21-19/h2-11H,12H2,1H3,(H,20,21). The van der Waals surface area contributed by atoms with E-state index in [0.29, 0.717) is 0 Å². The van der Waals surface area contributed by atoms with Gasteiger partial charge in [-0.05, 0) is 40.6 Å². The summed E-state index contributed by atoms with van der Waals surface area (Å²) in [5.41, 5.74) is 3.35. The summed E-state index contributed by atoms with van der Waals surface area (Å²) in [6, 6.07) is 20.8. The summed E-state index contributed by atoms with van der Waals surface area (Å²) in [7, 11) is 1.68. The van der Waals surface area contributed by atoms with Crippen LogP contribution < -0.4 is 4.74 Å². The highest BCUT2D eigenvalue weighted by molar-refractivity contribution is 7.98. The molecule has 0 aliphatic rings. The van der Waals surface area contributed by atoms with Crippen LogP contribution in [0.4, 0.5) is 0 Å². The Hall–Kier alpha value is -2.46. The third kappa shape index (κ3) is 2.90. The van der Waals surface area contributed by atoms with Gasteiger partial charge in [0.25, 0.3) is 0 Å². The highest BCUT2D eigenvalue weighted by Gasteiger charge is 2.05. The first-order valence-electron chi connectivity index (χ1n) is 7.46. The van der Waals surface area contributed by atoms with E-state index in [9.17, 15) is 0 Å². The molecular formula is C19H16N2OS. The molecule has 3 aromatic carbocycles. The minimum atomic E-state index is 0.878. The Kier molecular flexibility index (Phi) is 3.67. The molecule has 114 valence electrons. The van der Waals surface area contributed by atoms with E-state index in [1.165, 1.54) is 16.3 Å². The first kappa shape index (κ1) is 14.2. The smallest absolute Gasteiger partial charge is 0.166 e. The van der Waals surface area contributed by atoms with Gasteiger partial charge in [0.15, 0.2) is 5.16 Å². The van der Waals surface area contributed by atoms with E-state index >= 15 is 0 Å². The van der Waals surface area contributed by atoms with Gasteiger partial charge >= 0.3 is 0 Å². The molecule has 1 heterocycles. The van der Waals surface area contributed by atoms with Crippen LogP contribution in [0.1, 0.15) is 5.56 Å². The zero-order valence-corrected chi connectivity index (χ0v) is 13.6. The van der Waals surface area contributed by atoms with Gasteiger partial charge in [-0.3, -0.25) is 0 Å². The molecule has 0 radical (unpaired) electrons. The Balaban J connectivity index is 1.57. The number of benzene rings is 3. The quantitative estimate of drug-likeness (QED) is 0.537. The lowest BCUT2D eigenvalue weighted by atomic mass is 10.1. The molecule has 23 heavy (non-hydrogen) atoms. The van der Waals surface area contributed by atoms with Crippen molar-refractivity contribution in [1.82, 2.24) is 9.97 Å². The average Bonchev–Trinajstić information content (AvgIpc) is 3.00. The fourth-order valence-electron chi connectivity index (χ4n) is 2.62. The third-order valence-electron chi connectivity index (χ3n) is 3.86. The van der Waals surface area contributed by atoms with Gasteiger partial charge in [0.05, 0.1) is 18.1 Å². The number of rotatable bonds is 4. The van der Waals surface area contributed by atoms with Crippen LogP contribution >= 0.6 is 11.8 Å². The largest absolute Gasteiger partial charge is 0.497 e. The van der Waals surface area contributed by atoms with Gasteiger partial charge in [-0.2, -0.15) is 0 Å². The number of nitrogens with zero attached hydrogens (tertiary/aromatic N) is 1. The van der Waals surface area contributed by atoms with Crippen molar-refractivity contribution in [3.8, 4) is 5.75 Å². The molecule has 3 nitrogen and oxygen atoms in total. The molecule has 4 heteroatoms. The minimum Gasteiger partial charge on any atom is -0.497 e. The monoisotopic (exact) mass is 320 g/mol. The number of methoxy groups -OCH3 is 1. The van der Waals surface area contributed by atoms with Crippen molar-refractivity contribution in [3.63, 3.8) is 0 Å². The molecule has 0 saturated carbocycles. The molecule has 0 fully saturated rings. The number of nitrogens with one attached hydrogen (secondary N) is 1. The molecule has 0 atom stereocenters. The van der Waals surface area contributed by atoms with E-state index in [-0.39, 0.29) is 0 Å². The number of fused-ring (bicyclic) bond motifs is 2. The van der Waals surface area contributed by atoms with Gasteiger partial charge in [-0.1, -0.05) is 48.2 Å². The van der Waals surface area contributed by atoms with E-state index in [0.717, 1.165) is 27.7 Å². The molecular weight excluding hydrogens is 304 g/mol. The van der Waals surface area contributed by atoms with Gasteiger partial charge in [0, 0.05) is 5.75 Å². The van der Waals surface area contributed by atoms with Crippen molar-refractivity contribution in [3.05, 3.63) is 66.2 Å². The summed E-state index contributed by atoms with van der Waals surface area (Å²) >= 11 is 1.71. The lowest BCUT2D eigenvalue weighted by Crippen LogP contribution is -1.84. The number of hydrogen-bond donors (Lipinski definition) is 1. The van der Waals surface area contributed by atoms with E-state index in [2.05, 4.69) is 53.5 Å². The average molecular weight is 320 g/mol. The number of ether oxygens (including phenoxy) is 1. The fourth-order valence-corrected chi connectivity index (χ4v) is 3.46. The van der Waals surface area contributed by atoms with E-state index in [1.54, 1.807) is 18.9 Å². The molecule has 4 rings (SSSR count). The summed E-state index contributed by atoms with van der Waals surface area (Å²) in [5, 5.41) is 3.40. The number of aromatic nitrogens is 2. The molecule has 4 aromatic rings. The van der Waals surface area contributed by atoms with Crippen LogP contribution in [0.5, 0.6) is 5.75 Å². The molecule has 0 saturated heterocycles.